The average Bonchev–Trinajstić information content (AvgIpc) is 2.06. The van der Waals surface area contributed by atoms with E-state index in [-0.39, 0.29) is 0 Å². The molecule has 11 heavy (non-hydrogen) atoms. The molecule has 0 spiro atoms. The molecule has 0 amide bonds. The van der Waals surface area contributed by atoms with E-state index in [4.69, 9.17) is 4.52 Å². The van der Waals surface area contributed by atoms with Crippen molar-refractivity contribution in [1.29, 1.82) is 0 Å². The zero-order valence-corrected chi connectivity index (χ0v) is 8.14. The highest BCUT2D eigenvalue weighted by molar-refractivity contribution is 7.42. The Bertz CT molecular complexity index is 130. The Morgan fingerprint density at radius 2 is 2.09 bits per heavy atom. The van der Waals surface area contributed by atoms with E-state index in [1.165, 1.54) is 5.82 Å². The summed E-state index contributed by atoms with van der Waals surface area (Å²) in [5.74, 6) is 1.88. The van der Waals surface area contributed by atoms with Crippen LogP contribution in [-0.4, -0.2) is 6.61 Å². The van der Waals surface area contributed by atoms with Gasteiger partial charge in [-0.15, -0.1) is 4.52 Å². The first-order valence-electron chi connectivity index (χ1n) is 3.96. The number of hydrogen-bond donors (Lipinski definition) is 0. The molecule has 0 aliphatic carbocycles. The minimum atomic E-state index is -1.61. The third-order valence-electron chi connectivity index (χ3n) is 1.74. The van der Waals surface area contributed by atoms with Gasteiger partial charge in [0, 0.05) is 0 Å². The van der Waals surface area contributed by atoms with Crippen molar-refractivity contribution in [2.45, 2.75) is 26.7 Å². The molecule has 0 saturated carbocycles. The lowest BCUT2D eigenvalue weighted by Crippen LogP contribution is -2.03. The largest absolute Gasteiger partial charge is 0.540 e. The summed E-state index contributed by atoms with van der Waals surface area (Å²) in [5, 5.41) is 0. The van der Waals surface area contributed by atoms with Crippen LogP contribution in [0, 0.1) is 5.92 Å². The maximum absolute atomic E-state index is 10.8. The van der Waals surface area contributed by atoms with Crippen LogP contribution in [0.2, 0.25) is 0 Å². The first kappa shape index (κ1) is 10.8. The third kappa shape index (κ3) is 5.11. The summed E-state index contributed by atoms with van der Waals surface area (Å²) in [6, 6.07) is 0. The standard InChI is InChI=1S/C8H16O2P/c1-4-8(5-2)7-10-11(9)6-3/h6,8H,3-5,7H2,1-2H3/q+1. The van der Waals surface area contributed by atoms with Crippen LogP contribution in [0.1, 0.15) is 26.7 Å². The smallest absolute Gasteiger partial charge is 0.142 e. The Kier molecular flexibility index (Phi) is 6.39. The fraction of sp³-hybridized carbons (Fsp3) is 0.750. The summed E-state index contributed by atoms with van der Waals surface area (Å²) >= 11 is 0. The Labute approximate surface area is 69.5 Å². The van der Waals surface area contributed by atoms with Crippen molar-refractivity contribution in [2.24, 2.45) is 5.92 Å². The predicted molar refractivity (Wildman–Crippen MR) is 47.8 cm³/mol. The van der Waals surface area contributed by atoms with Gasteiger partial charge >= 0.3 is 8.03 Å². The fourth-order valence-corrected chi connectivity index (χ4v) is 1.22. The van der Waals surface area contributed by atoms with Gasteiger partial charge < -0.3 is 0 Å². The van der Waals surface area contributed by atoms with E-state index in [9.17, 15) is 4.57 Å². The summed E-state index contributed by atoms with van der Waals surface area (Å²) in [7, 11) is -1.61. The van der Waals surface area contributed by atoms with Crippen molar-refractivity contribution in [1.82, 2.24) is 0 Å². The molecule has 1 atom stereocenters. The van der Waals surface area contributed by atoms with Gasteiger partial charge in [-0.3, -0.25) is 0 Å². The summed E-state index contributed by atoms with van der Waals surface area (Å²) in [4.78, 5) is 0. The first-order valence-corrected chi connectivity index (χ1v) is 5.21. The topological polar surface area (TPSA) is 26.3 Å². The second-order valence-corrected chi connectivity index (χ2v) is 3.64. The highest BCUT2D eigenvalue weighted by Gasteiger charge is 2.14. The fourth-order valence-electron chi connectivity index (χ4n) is 0.756. The molecule has 0 radical (unpaired) electrons. The lowest BCUT2D eigenvalue weighted by Gasteiger charge is -2.05. The van der Waals surface area contributed by atoms with Crippen molar-refractivity contribution >= 4 is 8.03 Å². The molecular weight excluding hydrogens is 159 g/mol. The Morgan fingerprint density at radius 1 is 1.55 bits per heavy atom. The maximum atomic E-state index is 10.8. The number of rotatable bonds is 6. The molecule has 1 unspecified atom stereocenters. The molecule has 3 heteroatoms. The maximum Gasteiger partial charge on any atom is 0.540 e. The highest BCUT2D eigenvalue weighted by atomic mass is 31.1. The molecule has 0 N–H and O–H groups in total. The van der Waals surface area contributed by atoms with Crippen LogP contribution in [0.15, 0.2) is 12.4 Å². The summed E-state index contributed by atoms with van der Waals surface area (Å²) in [5.41, 5.74) is 0. The van der Waals surface area contributed by atoms with Gasteiger partial charge in [0.25, 0.3) is 0 Å². The Morgan fingerprint density at radius 3 is 2.45 bits per heavy atom. The zero-order valence-electron chi connectivity index (χ0n) is 7.25. The van der Waals surface area contributed by atoms with E-state index in [1.807, 2.05) is 0 Å². The monoisotopic (exact) mass is 175 g/mol. The van der Waals surface area contributed by atoms with E-state index in [1.54, 1.807) is 0 Å². The Hall–Kier alpha value is -0.200. The van der Waals surface area contributed by atoms with Crippen LogP contribution >= 0.6 is 8.03 Å². The van der Waals surface area contributed by atoms with E-state index >= 15 is 0 Å². The van der Waals surface area contributed by atoms with Gasteiger partial charge in [-0.2, -0.15) is 0 Å². The van der Waals surface area contributed by atoms with E-state index < -0.39 is 8.03 Å². The SMILES string of the molecule is C=C[P+](=O)OCC(CC)CC. The second-order valence-electron chi connectivity index (χ2n) is 2.45. The molecule has 0 saturated heterocycles. The highest BCUT2D eigenvalue weighted by Crippen LogP contribution is 2.24. The quantitative estimate of drug-likeness (QED) is 0.579. The molecular formula is C8H16O2P+. The van der Waals surface area contributed by atoms with E-state index in [0.29, 0.717) is 12.5 Å². The van der Waals surface area contributed by atoms with Crippen LogP contribution in [-0.2, 0) is 9.09 Å². The van der Waals surface area contributed by atoms with Crippen LogP contribution in [0.25, 0.3) is 0 Å². The summed E-state index contributed by atoms with van der Waals surface area (Å²) in [6.45, 7) is 8.19. The molecule has 0 rings (SSSR count). The lowest BCUT2D eigenvalue weighted by molar-refractivity contribution is 0.255. The van der Waals surface area contributed by atoms with Crippen LogP contribution in [0.4, 0.5) is 0 Å². The van der Waals surface area contributed by atoms with Gasteiger partial charge in [0.15, 0.2) is 5.82 Å². The minimum absolute atomic E-state index is 0.536. The first-order chi connectivity index (χ1) is 5.24. The summed E-state index contributed by atoms with van der Waals surface area (Å²) in [6.07, 6.45) is 2.16. The van der Waals surface area contributed by atoms with Crippen molar-refractivity contribution < 1.29 is 9.09 Å². The molecule has 0 bridgehead atoms. The van der Waals surface area contributed by atoms with Crippen molar-refractivity contribution in [3.63, 3.8) is 0 Å². The third-order valence-corrected chi connectivity index (χ3v) is 2.44. The lowest BCUT2D eigenvalue weighted by atomic mass is 10.1. The molecule has 2 nitrogen and oxygen atoms in total. The van der Waals surface area contributed by atoms with Gasteiger partial charge in [0.05, 0.1) is 0 Å². The second kappa shape index (κ2) is 6.51. The molecule has 0 fully saturated rings. The average molecular weight is 175 g/mol. The Balaban J connectivity index is 3.49. The van der Waals surface area contributed by atoms with Gasteiger partial charge in [-0.05, 0) is 17.1 Å². The van der Waals surface area contributed by atoms with Gasteiger partial charge in [-0.25, -0.2) is 0 Å². The van der Waals surface area contributed by atoms with Gasteiger partial charge in [0.1, 0.15) is 6.61 Å². The zero-order chi connectivity index (χ0) is 8.69. The van der Waals surface area contributed by atoms with Crippen LogP contribution in [0.5, 0.6) is 0 Å². The van der Waals surface area contributed by atoms with E-state index in [0.717, 1.165) is 12.8 Å². The van der Waals surface area contributed by atoms with Crippen molar-refractivity contribution in [3.05, 3.63) is 12.4 Å². The molecule has 0 heterocycles. The molecule has 0 aliphatic heterocycles. The minimum Gasteiger partial charge on any atom is -0.142 e. The normalized spacial score (nSPS) is 11.7. The summed E-state index contributed by atoms with van der Waals surface area (Å²) < 4.78 is 15.8. The molecule has 0 aromatic carbocycles. The molecule has 0 aromatic rings. The van der Waals surface area contributed by atoms with Gasteiger partial charge in [-0.1, -0.05) is 26.7 Å². The van der Waals surface area contributed by atoms with Crippen molar-refractivity contribution in [3.8, 4) is 0 Å². The molecule has 0 aromatic heterocycles. The van der Waals surface area contributed by atoms with Crippen LogP contribution < -0.4 is 0 Å². The molecule has 0 aliphatic rings. The van der Waals surface area contributed by atoms with Crippen LogP contribution in [0.3, 0.4) is 0 Å². The van der Waals surface area contributed by atoms with Gasteiger partial charge in [0.2, 0.25) is 0 Å². The number of hydrogen-bond acceptors (Lipinski definition) is 2. The molecule has 64 valence electrons. The predicted octanol–water partition coefficient (Wildman–Crippen LogP) is 3.33. The van der Waals surface area contributed by atoms with Crippen molar-refractivity contribution in [2.75, 3.05) is 6.61 Å². The van der Waals surface area contributed by atoms with E-state index in [2.05, 4.69) is 20.4 Å².